The second-order valence-corrected chi connectivity index (χ2v) is 7.00. The number of benzene rings is 2. The zero-order chi connectivity index (χ0) is 21.5. The summed E-state index contributed by atoms with van der Waals surface area (Å²) in [7, 11) is 2.87. The molecule has 0 bridgehead atoms. The Labute approximate surface area is 177 Å². The molecule has 0 fully saturated rings. The molecule has 1 N–H and O–H groups in total. The number of hydrogen-bond acceptors (Lipinski definition) is 7. The van der Waals surface area contributed by atoms with E-state index in [0.29, 0.717) is 16.2 Å². The molecule has 0 aliphatic heterocycles. The first kappa shape index (κ1) is 21.1. The van der Waals surface area contributed by atoms with Crippen LogP contribution in [0.25, 0.3) is 0 Å². The minimum absolute atomic E-state index is 0.0402. The third-order valence-corrected chi connectivity index (χ3v) is 5.04. The molecule has 1 aromatic heterocycles. The van der Waals surface area contributed by atoms with Crippen LogP contribution in [0.2, 0.25) is 0 Å². The lowest BCUT2D eigenvalue weighted by Crippen LogP contribution is -2.18. The SMILES string of the molecule is COc1cc(NC(=O)c2cccs2)c(C(=O)OCC(=O)c2ccccc2)cc1OC. The second kappa shape index (κ2) is 9.71. The van der Waals surface area contributed by atoms with Gasteiger partial charge in [0.15, 0.2) is 23.9 Å². The van der Waals surface area contributed by atoms with Crippen LogP contribution < -0.4 is 14.8 Å². The van der Waals surface area contributed by atoms with Crippen LogP contribution in [0.15, 0.2) is 60.0 Å². The summed E-state index contributed by atoms with van der Waals surface area (Å²) in [5, 5.41) is 4.46. The third kappa shape index (κ3) is 4.84. The van der Waals surface area contributed by atoms with Gasteiger partial charge in [0, 0.05) is 17.7 Å². The number of ether oxygens (including phenoxy) is 3. The van der Waals surface area contributed by atoms with E-state index in [2.05, 4.69) is 5.32 Å². The number of carbonyl (C=O) groups is 3. The number of hydrogen-bond donors (Lipinski definition) is 1. The van der Waals surface area contributed by atoms with Crippen molar-refractivity contribution in [3.63, 3.8) is 0 Å². The Morgan fingerprint density at radius 2 is 1.63 bits per heavy atom. The van der Waals surface area contributed by atoms with Crippen molar-refractivity contribution in [3.05, 3.63) is 76.0 Å². The molecule has 0 radical (unpaired) electrons. The monoisotopic (exact) mass is 425 g/mol. The first-order chi connectivity index (χ1) is 14.5. The average Bonchev–Trinajstić information content (AvgIpc) is 3.32. The van der Waals surface area contributed by atoms with Gasteiger partial charge in [-0.15, -0.1) is 11.3 Å². The third-order valence-electron chi connectivity index (χ3n) is 4.17. The quantitative estimate of drug-likeness (QED) is 0.432. The van der Waals surface area contributed by atoms with Gasteiger partial charge in [-0.05, 0) is 11.4 Å². The van der Waals surface area contributed by atoms with Gasteiger partial charge in [-0.2, -0.15) is 0 Å². The number of carbonyl (C=O) groups excluding carboxylic acids is 3. The molecular weight excluding hydrogens is 406 g/mol. The maximum atomic E-state index is 12.7. The topological polar surface area (TPSA) is 90.9 Å². The van der Waals surface area contributed by atoms with Crippen molar-refractivity contribution in [2.45, 2.75) is 0 Å². The molecule has 0 atom stereocenters. The maximum absolute atomic E-state index is 12.7. The molecule has 0 aliphatic carbocycles. The molecule has 1 amide bonds. The predicted molar refractivity (Wildman–Crippen MR) is 113 cm³/mol. The lowest BCUT2D eigenvalue weighted by molar-refractivity contribution is 0.0475. The lowest BCUT2D eigenvalue weighted by atomic mass is 10.1. The maximum Gasteiger partial charge on any atom is 0.340 e. The summed E-state index contributed by atoms with van der Waals surface area (Å²) < 4.78 is 15.7. The van der Waals surface area contributed by atoms with E-state index in [-0.39, 0.29) is 28.7 Å². The van der Waals surface area contributed by atoms with Crippen molar-refractivity contribution in [1.82, 2.24) is 0 Å². The fourth-order valence-corrected chi connectivity index (χ4v) is 3.28. The van der Waals surface area contributed by atoms with Gasteiger partial charge in [0.1, 0.15) is 0 Å². The van der Waals surface area contributed by atoms with Crippen LogP contribution in [0.4, 0.5) is 5.69 Å². The minimum Gasteiger partial charge on any atom is -0.493 e. The van der Waals surface area contributed by atoms with Crippen LogP contribution in [0.1, 0.15) is 30.4 Å². The molecule has 7 nitrogen and oxygen atoms in total. The van der Waals surface area contributed by atoms with E-state index in [1.807, 2.05) is 0 Å². The number of Topliss-reactive ketones (excluding diaryl/α,β-unsaturated/α-hetero) is 1. The number of esters is 1. The Balaban J connectivity index is 1.84. The fourth-order valence-electron chi connectivity index (χ4n) is 2.66. The molecule has 2 aromatic carbocycles. The molecule has 154 valence electrons. The lowest BCUT2D eigenvalue weighted by Gasteiger charge is -2.15. The average molecular weight is 425 g/mol. The van der Waals surface area contributed by atoms with Gasteiger partial charge in [-0.1, -0.05) is 36.4 Å². The summed E-state index contributed by atoms with van der Waals surface area (Å²) in [6.45, 7) is -0.435. The van der Waals surface area contributed by atoms with Crippen LogP contribution in [-0.4, -0.2) is 38.5 Å². The van der Waals surface area contributed by atoms with E-state index in [0.717, 1.165) is 0 Å². The van der Waals surface area contributed by atoms with Crippen molar-refractivity contribution in [2.24, 2.45) is 0 Å². The Morgan fingerprint density at radius 3 is 2.27 bits per heavy atom. The number of amides is 1. The van der Waals surface area contributed by atoms with Crippen LogP contribution in [0.5, 0.6) is 11.5 Å². The van der Waals surface area contributed by atoms with E-state index < -0.39 is 12.6 Å². The molecule has 30 heavy (non-hydrogen) atoms. The highest BCUT2D eigenvalue weighted by atomic mass is 32.1. The van der Waals surface area contributed by atoms with Gasteiger partial charge in [0.25, 0.3) is 5.91 Å². The Kier molecular flexibility index (Phi) is 6.82. The molecule has 0 spiro atoms. The first-order valence-corrected chi connectivity index (χ1v) is 9.77. The molecule has 0 aliphatic rings. The van der Waals surface area contributed by atoms with E-state index in [1.165, 1.54) is 37.7 Å². The number of nitrogens with one attached hydrogen (secondary N) is 1. The van der Waals surface area contributed by atoms with Crippen molar-refractivity contribution >= 4 is 34.7 Å². The van der Waals surface area contributed by atoms with Crippen LogP contribution in [0, 0.1) is 0 Å². The highest BCUT2D eigenvalue weighted by Crippen LogP contribution is 2.34. The van der Waals surface area contributed by atoms with E-state index in [1.54, 1.807) is 47.8 Å². The minimum atomic E-state index is -0.776. The summed E-state index contributed by atoms with van der Waals surface area (Å²) >= 11 is 1.27. The van der Waals surface area contributed by atoms with Gasteiger partial charge >= 0.3 is 5.97 Å². The molecule has 0 saturated carbocycles. The van der Waals surface area contributed by atoms with Crippen molar-refractivity contribution < 1.29 is 28.6 Å². The van der Waals surface area contributed by atoms with Gasteiger partial charge < -0.3 is 19.5 Å². The standard InChI is InChI=1S/C22H19NO6S/c1-27-18-11-15(22(26)29-13-17(24)14-7-4-3-5-8-14)16(12-19(18)28-2)23-21(25)20-9-6-10-30-20/h3-12H,13H2,1-2H3,(H,23,25). The summed E-state index contributed by atoms with van der Waals surface area (Å²) in [4.78, 5) is 37.9. The Bertz CT molecular complexity index is 1050. The predicted octanol–water partition coefficient (Wildman–Crippen LogP) is 4.06. The van der Waals surface area contributed by atoms with E-state index in [4.69, 9.17) is 14.2 Å². The summed E-state index contributed by atoms with van der Waals surface area (Å²) in [6, 6.07) is 14.8. The first-order valence-electron chi connectivity index (χ1n) is 8.89. The molecule has 0 unspecified atom stereocenters. The highest BCUT2D eigenvalue weighted by molar-refractivity contribution is 7.12. The normalized spacial score (nSPS) is 10.2. The van der Waals surface area contributed by atoms with Crippen LogP contribution in [0.3, 0.4) is 0 Å². The van der Waals surface area contributed by atoms with Crippen molar-refractivity contribution in [2.75, 3.05) is 26.1 Å². The number of rotatable bonds is 8. The number of ketones is 1. The molecule has 8 heteroatoms. The zero-order valence-electron chi connectivity index (χ0n) is 16.3. The van der Waals surface area contributed by atoms with Crippen molar-refractivity contribution in [1.29, 1.82) is 0 Å². The number of methoxy groups -OCH3 is 2. The zero-order valence-corrected chi connectivity index (χ0v) is 17.2. The highest BCUT2D eigenvalue weighted by Gasteiger charge is 2.21. The van der Waals surface area contributed by atoms with Crippen LogP contribution in [-0.2, 0) is 4.74 Å². The van der Waals surface area contributed by atoms with Gasteiger partial charge in [-0.3, -0.25) is 9.59 Å². The second-order valence-electron chi connectivity index (χ2n) is 6.05. The van der Waals surface area contributed by atoms with Gasteiger partial charge in [0.2, 0.25) is 0 Å². The molecule has 3 rings (SSSR count). The van der Waals surface area contributed by atoms with Gasteiger partial charge in [0.05, 0.1) is 30.3 Å². The number of anilines is 1. The van der Waals surface area contributed by atoms with E-state index >= 15 is 0 Å². The molecule has 3 aromatic rings. The summed E-state index contributed by atoms with van der Waals surface area (Å²) in [5.41, 5.74) is 0.658. The summed E-state index contributed by atoms with van der Waals surface area (Å²) in [6.07, 6.45) is 0. The largest absolute Gasteiger partial charge is 0.493 e. The van der Waals surface area contributed by atoms with E-state index in [9.17, 15) is 14.4 Å². The fraction of sp³-hybridized carbons (Fsp3) is 0.136. The molecule has 1 heterocycles. The number of thiophene rings is 1. The summed E-state index contributed by atoms with van der Waals surface area (Å²) in [5.74, 6) is -0.884. The molecular formula is C22H19NO6S. The van der Waals surface area contributed by atoms with Crippen LogP contribution >= 0.6 is 11.3 Å². The molecule has 0 saturated heterocycles. The Morgan fingerprint density at radius 1 is 0.933 bits per heavy atom. The Hall–Kier alpha value is -3.65. The van der Waals surface area contributed by atoms with Gasteiger partial charge in [-0.25, -0.2) is 4.79 Å². The van der Waals surface area contributed by atoms with Crippen molar-refractivity contribution in [3.8, 4) is 11.5 Å². The smallest absolute Gasteiger partial charge is 0.340 e.